The third-order valence-corrected chi connectivity index (χ3v) is 8.51. The predicted molar refractivity (Wildman–Crippen MR) is 154 cm³/mol. The number of aliphatic hydroxyl groups excluding tert-OH is 1. The second-order valence-electron chi connectivity index (χ2n) is 9.05. The molecule has 0 aliphatic carbocycles. The molecule has 6 aromatic rings. The van der Waals surface area contributed by atoms with Crippen LogP contribution in [0.3, 0.4) is 0 Å². The fourth-order valence-corrected chi connectivity index (χ4v) is 6.38. The molecule has 2 N–H and O–H groups in total. The van der Waals surface area contributed by atoms with Gasteiger partial charge in [-0.05, 0) is 23.8 Å². The molecule has 8 nitrogen and oxygen atoms in total. The van der Waals surface area contributed by atoms with Crippen LogP contribution in [0.15, 0.2) is 95.8 Å². The van der Waals surface area contributed by atoms with E-state index in [2.05, 4.69) is 15.0 Å². The van der Waals surface area contributed by atoms with Gasteiger partial charge in [0.2, 0.25) is 10.0 Å². The molecule has 3 aromatic carbocycles. The van der Waals surface area contributed by atoms with Crippen LogP contribution in [0, 0.1) is 0 Å². The van der Waals surface area contributed by atoms with Crippen molar-refractivity contribution in [2.45, 2.75) is 13.2 Å². The van der Waals surface area contributed by atoms with Crippen molar-refractivity contribution in [2.24, 2.45) is 0 Å². The molecule has 0 saturated heterocycles. The Kier molecular flexibility index (Phi) is 6.51. The maximum atomic E-state index is 12.9. The standard InChI is InChI=1S/C29H24N4O4S2/c1-39(35,36)33(17-23-16-32-29(38-23)21-9-5-6-19(14-21)18-34)22-10-11-24-25(15-22)37-27(20-7-3-2-4-8-20)26(24)28-30-12-13-31-28/h2-16,34H,17-18H2,1H3,(H,30,31). The summed E-state index contributed by atoms with van der Waals surface area (Å²) in [6.07, 6.45) is 6.32. The van der Waals surface area contributed by atoms with Gasteiger partial charge in [0.15, 0.2) is 0 Å². The number of anilines is 1. The SMILES string of the molecule is CS(=O)(=O)N(Cc1cnc(-c2cccc(CO)c2)s1)c1ccc2c(-c3ncc[nH]3)c(-c3ccccc3)oc2c1. The van der Waals surface area contributed by atoms with E-state index in [1.54, 1.807) is 30.7 Å². The van der Waals surface area contributed by atoms with Crippen molar-refractivity contribution in [1.82, 2.24) is 15.0 Å². The Morgan fingerprint density at radius 1 is 1.00 bits per heavy atom. The molecular formula is C29H24N4O4S2. The molecular weight excluding hydrogens is 532 g/mol. The Morgan fingerprint density at radius 2 is 1.82 bits per heavy atom. The first-order chi connectivity index (χ1) is 18.9. The fraction of sp³-hybridized carbons (Fsp3) is 0.103. The summed E-state index contributed by atoms with van der Waals surface area (Å²) < 4.78 is 33.6. The number of aliphatic hydroxyl groups is 1. The highest BCUT2D eigenvalue weighted by Gasteiger charge is 2.24. The molecule has 0 radical (unpaired) electrons. The number of aromatic amines is 1. The van der Waals surface area contributed by atoms with Gasteiger partial charge in [-0.15, -0.1) is 11.3 Å². The summed E-state index contributed by atoms with van der Waals surface area (Å²) in [5.74, 6) is 1.32. The second kappa shape index (κ2) is 10.1. The van der Waals surface area contributed by atoms with E-state index >= 15 is 0 Å². The lowest BCUT2D eigenvalue weighted by molar-refractivity contribution is 0.282. The van der Waals surface area contributed by atoms with E-state index < -0.39 is 10.0 Å². The highest BCUT2D eigenvalue weighted by Crippen LogP contribution is 2.41. The molecule has 0 bridgehead atoms. The monoisotopic (exact) mass is 556 g/mol. The van der Waals surface area contributed by atoms with Crippen molar-refractivity contribution in [3.63, 3.8) is 0 Å². The van der Waals surface area contributed by atoms with E-state index in [0.29, 0.717) is 22.9 Å². The largest absolute Gasteiger partial charge is 0.455 e. The predicted octanol–water partition coefficient (Wildman–Crippen LogP) is 6.07. The first kappa shape index (κ1) is 25.1. The summed E-state index contributed by atoms with van der Waals surface area (Å²) in [4.78, 5) is 12.9. The lowest BCUT2D eigenvalue weighted by Crippen LogP contribution is -2.28. The minimum atomic E-state index is -3.63. The quantitative estimate of drug-likeness (QED) is 0.235. The number of fused-ring (bicyclic) bond motifs is 1. The minimum absolute atomic E-state index is 0.0587. The first-order valence-corrected chi connectivity index (χ1v) is 14.8. The van der Waals surface area contributed by atoms with E-state index in [-0.39, 0.29) is 13.2 Å². The number of furan rings is 1. The molecule has 10 heteroatoms. The zero-order chi connectivity index (χ0) is 27.0. The maximum absolute atomic E-state index is 12.9. The lowest BCUT2D eigenvalue weighted by atomic mass is 10.0. The number of rotatable bonds is 8. The topological polar surface area (TPSA) is 112 Å². The van der Waals surface area contributed by atoms with E-state index in [1.165, 1.54) is 21.9 Å². The van der Waals surface area contributed by atoms with Crippen molar-refractivity contribution >= 4 is 38.0 Å². The summed E-state index contributed by atoms with van der Waals surface area (Å²) in [5.41, 5.74) is 4.41. The number of hydrogen-bond donors (Lipinski definition) is 2. The number of nitrogens with one attached hydrogen (secondary N) is 1. The Bertz CT molecular complexity index is 1860. The number of benzene rings is 3. The zero-order valence-corrected chi connectivity index (χ0v) is 22.5. The van der Waals surface area contributed by atoms with Crippen molar-refractivity contribution < 1.29 is 17.9 Å². The van der Waals surface area contributed by atoms with Crippen molar-refractivity contribution in [3.05, 3.63) is 102 Å². The summed E-state index contributed by atoms with van der Waals surface area (Å²) in [5, 5.41) is 11.0. The number of nitrogens with zero attached hydrogens (tertiary/aromatic N) is 3. The molecule has 3 aromatic heterocycles. The molecule has 6 rings (SSSR count). The van der Waals surface area contributed by atoms with Gasteiger partial charge < -0.3 is 14.5 Å². The lowest BCUT2D eigenvalue weighted by Gasteiger charge is -2.21. The van der Waals surface area contributed by atoms with Crippen LogP contribution in [0.5, 0.6) is 0 Å². The third kappa shape index (κ3) is 4.97. The van der Waals surface area contributed by atoms with Gasteiger partial charge in [-0.1, -0.05) is 48.5 Å². The van der Waals surface area contributed by atoms with Gasteiger partial charge >= 0.3 is 0 Å². The number of H-pyrrole nitrogens is 1. The van der Waals surface area contributed by atoms with Gasteiger partial charge in [-0.25, -0.2) is 18.4 Å². The molecule has 0 aliphatic heterocycles. The van der Waals surface area contributed by atoms with Crippen LogP contribution in [0.1, 0.15) is 10.4 Å². The van der Waals surface area contributed by atoms with Crippen molar-refractivity contribution in [3.8, 4) is 33.3 Å². The highest BCUT2D eigenvalue weighted by atomic mass is 32.2. The third-order valence-electron chi connectivity index (χ3n) is 6.34. The van der Waals surface area contributed by atoms with Crippen LogP contribution in [0.2, 0.25) is 0 Å². The zero-order valence-electron chi connectivity index (χ0n) is 20.9. The summed E-state index contributed by atoms with van der Waals surface area (Å²) in [6.45, 7) is 0.0653. The van der Waals surface area contributed by atoms with E-state index in [4.69, 9.17) is 4.42 Å². The van der Waals surface area contributed by atoms with Crippen LogP contribution in [0.4, 0.5) is 5.69 Å². The number of hydrogen-bond acceptors (Lipinski definition) is 7. The Hall–Kier alpha value is -4.25. The van der Waals surface area contributed by atoms with Crippen LogP contribution < -0.4 is 4.31 Å². The molecule has 0 spiro atoms. The van der Waals surface area contributed by atoms with Gasteiger partial charge in [0.05, 0.1) is 30.7 Å². The van der Waals surface area contributed by atoms with Gasteiger partial charge in [-0.2, -0.15) is 0 Å². The van der Waals surface area contributed by atoms with Crippen molar-refractivity contribution in [2.75, 3.05) is 10.6 Å². The van der Waals surface area contributed by atoms with Gasteiger partial charge in [-0.3, -0.25) is 4.31 Å². The molecule has 0 amide bonds. The van der Waals surface area contributed by atoms with E-state index in [0.717, 1.165) is 37.5 Å². The summed E-state index contributed by atoms with van der Waals surface area (Å²) >= 11 is 1.42. The van der Waals surface area contributed by atoms with E-state index in [1.807, 2.05) is 60.7 Å². The van der Waals surface area contributed by atoms with Gasteiger partial charge in [0.25, 0.3) is 0 Å². The van der Waals surface area contributed by atoms with Gasteiger partial charge in [0.1, 0.15) is 22.2 Å². The normalized spacial score (nSPS) is 11.7. The summed E-state index contributed by atoms with van der Waals surface area (Å²) in [7, 11) is -3.63. The number of thiazole rings is 1. The Labute approximate surface area is 229 Å². The molecule has 0 saturated carbocycles. The number of sulfonamides is 1. The fourth-order valence-electron chi connectivity index (χ4n) is 4.53. The average Bonchev–Trinajstić information content (AvgIpc) is 3.71. The Balaban J connectivity index is 1.40. The molecule has 0 fully saturated rings. The molecule has 0 aliphatic rings. The second-order valence-corrected chi connectivity index (χ2v) is 12.1. The number of aromatic nitrogens is 3. The molecule has 3 heterocycles. The van der Waals surface area contributed by atoms with Crippen LogP contribution in [0.25, 0.3) is 44.3 Å². The average molecular weight is 557 g/mol. The van der Waals surface area contributed by atoms with Crippen molar-refractivity contribution in [1.29, 1.82) is 0 Å². The molecule has 0 atom stereocenters. The highest BCUT2D eigenvalue weighted by molar-refractivity contribution is 7.92. The first-order valence-electron chi connectivity index (χ1n) is 12.1. The summed E-state index contributed by atoms with van der Waals surface area (Å²) in [6, 6.07) is 22.7. The smallest absolute Gasteiger partial charge is 0.232 e. The van der Waals surface area contributed by atoms with Gasteiger partial charge in [0, 0.05) is 46.0 Å². The molecule has 196 valence electrons. The number of imidazole rings is 1. The minimum Gasteiger partial charge on any atom is -0.455 e. The van der Waals surface area contributed by atoms with Crippen LogP contribution in [-0.2, 0) is 23.2 Å². The van der Waals surface area contributed by atoms with Crippen LogP contribution in [-0.4, -0.2) is 34.7 Å². The maximum Gasteiger partial charge on any atom is 0.232 e. The van der Waals surface area contributed by atoms with Crippen LogP contribution >= 0.6 is 11.3 Å². The van der Waals surface area contributed by atoms with E-state index in [9.17, 15) is 13.5 Å². The molecule has 39 heavy (non-hydrogen) atoms. The molecule has 0 unspecified atom stereocenters. The Morgan fingerprint density at radius 3 is 2.56 bits per heavy atom.